The van der Waals surface area contributed by atoms with E-state index in [2.05, 4.69) is 9.97 Å². The van der Waals surface area contributed by atoms with Gasteiger partial charge in [-0.1, -0.05) is 37.3 Å². The number of ether oxygens (including phenoxy) is 1. The maximum Gasteiger partial charge on any atom is 0.251 e. The number of methoxy groups -OCH3 is 1. The molecule has 2 aromatic rings. The molecule has 0 saturated carbocycles. The highest BCUT2D eigenvalue weighted by Crippen LogP contribution is 2.17. The first kappa shape index (κ1) is 12.5. The number of nitrogens with one attached hydrogen (secondary N) is 1. The van der Waals surface area contributed by atoms with E-state index in [1.165, 1.54) is 6.07 Å². The van der Waals surface area contributed by atoms with Crippen molar-refractivity contribution < 1.29 is 4.74 Å². The van der Waals surface area contributed by atoms with Crippen molar-refractivity contribution in [1.29, 1.82) is 0 Å². The van der Waals surface area contributed by atoms with Crippen LogP contribution in [-0.2, 0) is 4.74 Å². The lowest BCUT2D eigenvalue weighted by atomic mass is 10.1. The summed E-state index contributed by atoms with van der Waals surface area (Å²) in [5.41, 5.74) is 1.49. The standard InChI is InChI=1S/C14H16N2O2/c1-10(9-18-2)14-15-12(8-13(17)16-14)11-6-4-3-5-7-11/h3-8,10H,9H2,1-2H3,(H,15,16,17). The molecule has 1 heterocycles. The molecule has 0 bridgehead atoms. The van der Waals surface area contributed by atoms with Crippen molar-refractivity contribution in [2.24, 2.45) is 0 Å². The molecule has 0 saturated heterocycles. The molecule has 1 unspecified atom stereocenters. The van der Waals surface area contributed by atoms with Gasteiger partial charge in [-0.05, 0) is 0 Å². The van der Waals surface area contributed by atoms with Crippen molar-refractivity contribution >= 4 is 0 Å². The summed E-state index contributed by atoms with van der Waals surface area (Å²) in [6, 6.07) is 11.2. The van der Waals surface area contributed by atoms with Crippen LogP contribution in [-0.4, -0.2) is 23.7 Å². The number of nitrogens with zero attached hydrogens (tertiary/aromatic N) is 1. The molecule has 1 N–H and O–H groups in total. The molecule has 0 radical (unpaired) electrons. The van der Waals surface area contributed by atoms with Gasteiger partial charge in [0, 0.05) is 24.7 Å². The summed E-state index contributed by atoms with van der Waals surface area (Å²) in [6.45, 7) is 2.50. The first-order chi connectivity index (χ1) is 8.70. The van der Waals surface area contributed by atoms with Crippen molar-refractivity contribution in [2.45, 2.75) is 12.8 Å². The van der Waals surface area contributed by atoms with Crippen molar-refractivity contribution in [1.82, 2.24) is 9.97 Å². The van der Waals surface area contributed by atoms with Crippen LogP contribution in [0.5, 0.6) is 0 Å². The van der Waals surface area contributed by atoms with Gasteiger partial charge in [-0.15, -0.1) is 0 Å². The van der Waals surface area contributed by atoms with Crippen LogP contribution in [0.2, 0.25) is 0 Å². The van der Waals surface area contributed by atoms with E-state index in [-0.39, 0.29) is 11.5 Å². The Morgan fingerprint density at radius 3 is 2.72 bits per heavy atom. The van der Waals surface area contributed by atoms with E-state index in [0.29, 0.717) is 18.1 Å². The van der Waals surface area contributed by atoms with Crippen molar-refractivity contribution in [2.75, 3.05) is 13.7 Å². The van der Waals surface area contributed by atoms with E-state index in [1.54, 1.807) is 7.11 Å². The summed E-state index contributed by atoms with van der Waals surface area (Å²) in [5.74, 6) is 0.717. The molecule has 0 spiro atoms. The maximum absolute atomic E-state index is 11.7. The van der Waals surface area contributed by atoms with Gasteiger partial charge in [0.15, 0.2) is 0 Å². The smallest absolute Gasteiger partial charge is 0.251 e. The van der Waals surface area contributed by atoms with Crippen LogP contribution >= 0.6 is 0 Å². The molecule has 18 heavy (non-hydrogen) atoms. The van der Waals surface area contributed by atoms with Gasteiger partial charge in [-0.25, -0.2) is 4.98 Å². The highest BCUT2D eigenvalue weighted by Gasteiger charge is 2.10. The fourth-order valence-electron chi connectivity index (χ4n) is 1.80. The van der Waals surface area contributed by atoms with Gasteiger partial charge in [-0.2, -0.15) is 0 Å². The van der Waals surface area contributed by atoms with Gasteiger partial charge in [-0.3, -0.25) is 4.79 Å². The van der Waals surface area contributed by atoms with Gasteiger partial charge >= 0.3 is 0 Å². The second-order valence-electron chi connectivity index (χ2n) is 4.24. The molecular weight excluding hydrogens is 228 g/mol. The largest absolute Gasteiger partial charge is 0.384 e. The van der Waals surface area contributed by atoms with Crippen LogP contribution in [0.4, 0.5) is 0 Å². The molecule has 1 atom stereocenters. The summed E-state index contributed by atoms with van der Waals surface area (Å²) < 4.78 is 5.08. The Labute approximate surface area is 106 Å². The van der Waals surface area contributed by atoms with Gasteiger partial charge in [0.2, 0.25) is 0 Å². The van der Waals surface area contributed by atoms with E-state index >= 15 is 0 Å². The SMILES string of the molecule is COCC(C)c1nc(-c2ccccc2)cc(=O)[nH]1. The molecule has 0 aliphatic rings. The molecular formula is C14H16N2O2. The summed E-state index contributed by atoms with van der Waals surface area (Å²) >= 11 is 0. The minimum atomic E-state index is -0.137. The number of rotatable bonds is 4. The Morgan fingerprint density at radius 1 is 1.33 bits per heavy atom. The quantitative estimate of drug-likeness (QED) is 0.897. The molecule has 1 aromatic carbocycles. The third-order valence-electron chi connectivity index (χ3n) is 2.71. The van der Waals surface area contributed by atoms with Crippen molar-refractivity contribution in [3.05, 3.63) is 52.6 Å². The van der Waals surface area contributed by atoms with Crippen LogP contribution in [0.25, 0.3) is 11.3 Å². The van der Waals surface area contributed by atoms with E-state index in [4.69, 9.17) is 4.74 Å². The average molecular weight is 244 g/mol. The minimum absolute atomic E-state index is 0.0614. The summed E-state index contributed by atoms with van der Waals surface area (Å²) in [4.78, 5) is 18.9. The van der Waals surface area contributed by atoms with Gasteiger partial charge in [0.1, 0.15) is 5.82 Å². The van der Waals surface area contributed by atoms with Crippen molar-refractivity contribution in [3.8, 4) is 11.3 Å². The zero-order chi connectivity index (χ0) is 13.0. The molecule has 2 rings (SSSR count). The lowest BCUT2D eigenvalue weighted by molar-refractivity contribution is 0.181. The molecule has 4 nitrogen and oxygen atoms in total. The molecule has 4 heteroatoms. The average Bonchev–Trinajstić information content (AvgIpc) is 2.39. The first-order valence-corrected chi connectivity index (χ1v) is 5.86. The molecule has 1 aromatic heterocycles. The predicted octanol–water partition coefficient (Wildman–Crippen LogP) is 2.19. The molecule has 0 aliphatic carbocycles. The lowest BCUT2D eigenvalue weighted by Crippen LogP contribution is -2.15. The van der Waals surface area contributed by atoms with Gasteiger partial charge in [0.05, 0.1) is 12.3 Å². The monoisotopic (exact) mass is 244 g/mol. The zero-order valence-electron chi connectivity index (χ0n) is 10.5. The third-order valence-corrected chi connectivity index (χ3v) is 2.71. The van der Waals surface area contributed by atoms with Crippen LogP contribution in [0.3, 0.4) is 0 Å². The second-order valence-corrected chi connectivity index (χ2v) is 4.24. The summed E-state index contributed by atoms with van der Waals surface area (Å²) in [5, 5.41) is 0. The Morgan fingerprint density at radius 2 is 2.06 bits per heavy atom. The Hall–Kier alpha value is -1.94. The molecule has 0 aliphatic heterocycles. The summed E-state index contributed by atoms with van der Waals surface area (Å²) in [6.07, 6.45) is 0. The van der Waals surface area contributed by atoms with Gasteiger partial charge in [0.25, 0.3) is 5.56 Å². The number of hydrogen-bond acceptors (Lipinski definition) is 3. The van der Waals surface area contributed by atoms with E-state index in [9.17, 15) is 4.79 Å². The maximum atomic E-state index is 11.7. The number of hydrogen-bond donors (Lipinski definition) is 1. The predicted molar refractivity (Wildman–Crippen MR) is 70.6 cm³/mol. The second kappa shape index (κ2) is 5.60. The van der Waals surface area contributed by atoms with Crippen molar-refractivity contribution in [3.63, 3.8) is 0 Å². The summed E-state index contributed by atoms with van der Waals surface area (Å²) in [7, 11) is 1.63. The van der Waals surface area contributed by atoms with Crippen LogP contribution in [0.15, 0.2) is 41.2 Å². The lowest BCUT2D eigenvalue weighted by Gasteiger charge is -2.10. The number of H-pyrrole nitrogens is 1. The molecule has 0 fully saturated rings. The minimum Gasteiger partial charge on any atom is -0.384 e. The fourth-order valence-corrected chi connectivity index (χ4v) is 1.80. The van der Waals surface area contributed by atoms with E-state index < -0.39 is 0 Å². The number of aromatic amines is 1. The fraction of sp³-hybridized carbons (Fsp3) is 0.286. The number of aromatic nitrogens is 2. The highest BCUT2D eigenvalue weighted by molar-refractivity contribution is 5.58. The Balaban J connectivity index is 2.42. The normalized spacial score (nSPS) is 12.3. The van der Waals surface area contributed by atoms with Crippen LogP contribution in [0, 0.1) is 0 Å². The van der Waals surface area contributed by atoms with E-state index in [0.717, 1.165) is 5.56 Å². The number of benzene rings is 1. The Kier molecular flexibility index (Phi) is 3.89. The van der Waals surface area contributed by atoms with Crippen LogP contribution in [0.1, 0.15) is 18.7 Å². The third kappa shape index (κ3) is 2.84. The van der Waals surface area contributed by atoms with E-state index in [1.807, 2.05) is 37.3 Å². The highest BCUT2D eigenvalue weighted by atomic mass is 16.5. The van der Waals surface area contributed by atoms with Gasteiger partial charge < -0.3 is 9.72 Å². The zero-order valence-corrected chi connectivity index (χ0v) is 10.5. The first-order valence-electron chi connectivity index (χ1n) is 5.86. The molecule has 0 amide bonds. The Bertz CT molecular complexity index is 564. The molecule has 94 valence electrons. The topological polar surface area (TPSA) is 55.0 Å². The van der Waals surface area contributed by atoms with Crippen LogP contribution < -0.4 is 5.56 Å².